The highest BCUT2D eigenvalue weighted by Gasteiger charge is 2.33. The molecule has 0 amide bonds. The molecule has 0 aromatic carbocycles. The van der Waals surface area contributed by atoms with Crippen molar-refractivity contribution in [2.24, 2.45) is 0 Å². The predicted molar refractivity (Wildman–Crippen MR) is 82.3 cm³/mol. The standard InChI is InChI=1S/C16H30N2O3/c1-4-21-15(19)14(17-13-6-7-13)8-11-18-10-5-9-16(2,12-18)20-3/h13-14,17H,4-12H2,1-3H3. The van der Waals surface area contributed by atoms with Crippen molar-refractivity contribution in [2.45, 2.75) is 63.6 Å². The maximum atomic E-state index is 12.0. The Balaban J connectivity index is 1.81. The van der Waals surface area contributed by atoms with Gasteiger partial charge >= 0.3 is 5.97 Å². The van der Waals surface area contributed by atoms with Gasteiger partial charge in [0.1, 0.15) is 6.04 Å². The summed E-state index contributed by atoms with van der Waals surface area (Å²) in [5.41, 5.74) is -0.0401. The topological polar surface area (TPSA) is 50.8 Å². The number of nitrogens with one attached hydrogen (secondary N) is 1. The van der Waals surface area contributed by atoms with E-state index in [1.807, 2.05) is 6.92 Å². The lowest BCUT2D eigenvalue weighted by Crippen LogP contribution is -2.49. The molecule has 1 saturated carbocycles. The van der Waals surface area contributed by atoms with E-state index in [0.717, 1.165) is 38.9 Å². The number of carbonyl (C=O) groups excluding carboxylic acids is 1. The minimum Gasteiger partial charge on any atom is -0.465 e. The third kappa shape index (κ3) is 5.24. The third-order valence-corrected chi connectivity index (χ3v) is 4.55. The maximum Gasteiger partial charge on any atom is 0.323 e. The summed E-state index contributed by atoms with van der Waals surface area (Å²) >= 11 is 0. The van der Waals surface area contributed by atoms with Crippen LogP contribution in [-0.4, -0.2) is 61.9 Å². The van der Waals surface area contributed by atoms with Gasteiger partial charge in [0.05, 0.1) is 12.2 Å². The Morgan fingerprint density at radius 3 is 2.86 bits per heavy atom. The van der Waals surface area contributed by atoms with E-state index in [2.05, 4.69) is 17.1 Å². The van der Waals surface area contributed by atoms with E-state index >= 15 is 0 Å². The van der Waals surface area contributed by atoms with Crippen molar-refractivity contribution in [1.29, 1.82) is 0 Å². The van der Waals surface area contributed by atoms with Crippen molar-refractivity contribution in [1.82, 2.24) is 10.2 Å². The Kier molecular flexibility index (Phi) is 6.02. The number of ether oxygens (including phenoxy) is 2. The van der Waals surface area contributed by atoms with Gasteiger partial charge in [0.15, 0.2) is 0 Å². The fourth-order valence-corrected chi connectivity index (χ4v) is 3.02. The molecule has 122 valence electrons. The van der Waals surface area contributed by atoms with Gasteiger partial charge in [0.25, 0.3) is 0 Å². The number of likely N-dealkylation sites (tertiary alicyclic amines) is 1. The van der Waals surface area contributed by atoms with Gasteiger partial charge in [-0.1, -0.05) is 0 Å². The first-order valence-electron chi connectivity index (χ1n) is 8.26. The summed E-state index contributed by atoms with van der Waals surface area (Å²) in [6.45, 7) is 7.45. The summed E-state index contributed by atoms with van der Waals surface area (Å²) in [6.07, 6.45) is 5.45. The summed E-state index contributed by atoms with van der Waals surface area (Å²) in [6, 6.07) is 0.359. The van der Waals surface area contributed by atoms with Gasteiger partial charge in [-0.05, 0) is 52.5 Å². The average Bonchev–Trinajstić information content (AvgIpc) is 3.28. The molecule has 0 aromatic heterocycles. The molecule has 1 saturated heterocycles. The molecular formula is C16H30N2O3. The van der Waals surface area contributed by atoms with Crippen molar-refractivity contribution in [2.75, 3.05) is 33.4 Å². The molecule has 1 N–H and O–H groups in total. The second-order valence-corrected chi connectivity index (χ2v) is 6.57. The Morgan fingerprint density at radius 2 is 2.24 bits per heavy atom. The molecule has 0 radical (unpaired) electrons. The van der Waals surface area contributed by atoms with Crippen LogP contribution in [0.15, 0.2) is 0 Å². The molecule has 1 aliphatic heterocycles. The second kappa shape index (κ2) is 7.56. The van der Waals surface area contributed by atoms with Crippen molar-refractivity contribution >= 4 is 5.97 Å². The van der Waals surface area contributed by atoms with Gasteiger partial charge in [-0.15, -0.1) is 0 Å². The van der Waals surface area contributed by atoms with Crippen molar-refractivity contribution in [3.63, 3.8) is 0 Å². The fourth-order valence-electron chi connectivity index (χ4n) is 3.02. The number of rotatable bonds is 8. The Bertz CT molecular complexity index is 346. The first-order chi connectivity index (χ1) is 10.1. The van der Waals surface area contributed by atoms with Crippen LogP contribution in [0.2, 0.25) is 0 Å². The highest BCUT2D eigenvalue weighted by Crippen LogP contribution is 2.24. The molecule has 0 spiro atoms. The molecule has 2 rings (SSSR count). The van der Waals surface area contributed by atoms with Crippen LogP contribution in [0.3, 0.4) is 0 Å². The average molecular weight is 298 g/mol. The molecule has 2 fully saturated rings. The van der Waals surface area contributed by atoms with Crippen LogP contribution >= 0.6 is 0 Å². The Morgan fingerprint density at radius 1 is 1.48 bits per heavy atom. The minimum atomic E-state index is -0.159. The second-order valence-electron chi connectivity index (χ2n) is 6.57. The molecule has 0 bridgehead atoms. The molecule has 5 nitrogen and oxygen atoms in total. The lowest BCUT2D eigenvalue weighted by atomic mass is 9.94. The normalized spacial score (nSPS) is 28.3. The summed E-state index contributed by atoms with van der Waals surface area (Å²) in [5, 5.41) is 3.42. The molecule has 2 aliphatic rings. The fraction of sp³-hybridized carbons (Fsp3) is 0.938. The number of esters is 1. The van der Waals surface area contributed by atoms with Crippen molar-refractivity contribution < 1.29 is 14.3 Å². The predicted octanol–water partition coefficient (Wildman–Crippen LogP) is 1.56. The monoisotopic (exact) mass is 298 g/mol. The quantitative estimate of drug-likeness (QED) is 0.689. The zero-order valence-corrected chi connectivity index (χ0v) is 13.7. The van der Waals surface area contributed by atoms with Crippen LogP contribution in [0.5, 0.6) is 0 Å². The number of hydrogen-bond donors (Lipinski definition) is 1. The lowest BCUT2D eigenvalue weighted by Gasteiger charge is -2.39. The summed E-state index contributed by atoms with van der Waals surface area (Å²) in [7, 11) is 1.79. The molecule has 5 heteroatoms. The van der Waals surface area contributed by atoms with E-state index in [-0.39, 0.29) is 17.6 Å². The Labute approximate surface area is 128 Å². The van der Waals surface area contributed by atoms with Crippen LogP contribution in [0.25, 0.3) is 0 Å². The first kappa shape index (κ1) is 16.7. The highest BCUT2D eigenvalue weighted by atomic mass is 16.5. The smallest absolute Gasteiger partial charge is 0.323 e. The zero-order chi connectivity index (χ0) is 15.3. The zero-order valence-electron chi connectivity index (χ0n) is 13.7. The highest BCUT2D eigenvalue weighted by molar-refractivity contribution is 5.75. The summed E-state index contributed by atoms with van der Waals surface area (Å²) < 4.78 is 10.8. The third-order valence-electron chi connectivity index (χ3n) is 4.55. The van der Waals surface area contributed by atoms with Gasteiger partial charge in [-0.25, -0.2) is 0 Å². The van der Waals surface area contributed by atoms with Crippen LogP contribution < -0.4 is 5.32 Å². The molecule has 1 heterocycles. The van der Waals surface area contributed by atoms with Gasteiger partial charge in [0.2, 0.25) is 0 Å². The number of methoxy groups -OCH3 is 1. The number of hydrogen-bond acceptors (Lipinski definition) is 5. The Hall–Kier alpha value is -0.650. The van der Waals surface area contributed by atoms with Gasteiger partial charge < -0.3 is 19.7 Å². The van der Waals surface area contributed by atoms with Crippen LogP contribution in [0.4, 0.5) is 0 Å². The van der Waals surface area contributed by atoms with Crippen molar-refractivity contribution in [3.05, 3.63) is 0 Å². The van der Waals surface area contributed by atoms with Crippen LogP contribution in [0, 0.1) is 0 Å². The van der Waals surface area contributed by atoms with E-state index in [0.29, 0.717) is 12.6 Å². The van der Waals surface area contributed by atoms with E-state index in [1.54, 1.807) is 7.11 Å². The number of carbonyl (C=O) groups is 1. The summed E-state index contributed by atoms with van der Waals surface area (Å²) in [4.78, 5) is 14.4. The van der Waals surface area contributed by atoms with Gasteiger partial charge in [-0.2, -0.15) is 0 Å². The molecule has 21 heavy (non-hydrogen) atoms. The van der Waals surface area contributed by atoms with E-state index in [1.165, 1.54) is 12.8 Å². The maximum absolute atomic E-state index is 12.0. The van der Waals surface area contributed by atoms with E-state index < -0.39 is 0 Å². The number of piperidine rings is 1. The van der Waals surface area contributed by atoms with E-state index in [9.17, 15) is 4.79 Å². The number of nitrogens with zero attached hydrogens (tertiary/aromatic N) is 1. The molecule has 0 aromatic rings. The van der Waals surface area contributed by atoms with Gasteiger partial charge in [0, 0.05) is 26.2 Å². The minimum absolute atomic E-state index is 0.0401. The molecular weight excluding hydrogens is 268 g/mol. The molecule has 1 aliphatic carbocycles. The summed E-state index contributed by atoms with van der Waals surface area (Å²) in [5.74, 6) is -0.101. The molecule has 2 unspecified atom stereocenters. The van der Waals surface area contributed by atoms with Crippen LogP contribution in [-0.2, 0) is 14.3 Å². The van der Waals surface area contributed by atoms with Gasteiger partial charge in [-0.3, -0.25) is 4.79 Å². The molecule has 2 atom stereocenters. The lowest BCUT2D eigenvalue weighted by molar-refractivity contribution is -0.146. The SMILES string of the molecule is CCOC(=O)C(CCN1CCCC(C)(OC)C1)NC1CC1. The largest absolute Gasteiger partial charge is 0.465 e. The first-order valence-corrected chi connectivity index (χ1v) is 8.26. The van der Waals surface area contributed by atoms with E-state index in [4.69, 9.17) is 9.47 Å². The van der Waals surface area contributed by atoms with Crippen molar-refractivity contribution in [3.8, 4) is 0 Å². The van der Waals surface area contributed by atoms with Crippen LogP contribution in [0.1, 0.15) is 46.0 Å².